The van der Waals surface area contributed by atoms with Gasteiger partial charge in [-0.1, -0.05) is 0 Å². The van der Waals surface area contributed by atoms with Gasteiger partial charge in [-0.2, -0.15) is 0 Å². The van der Waals surface area contributed by atoms with E-state index in [1.807, 2.05) is 6.08 Å². The van der Waals surface area contributed by atoms with E-state index in [9.17, 15) is 4.79 Å². The van der Waals surface area contributed by atoms with Crippen LogP contribution in [0.5, 0.6) is 0 Å². The first-order valence-electron chi connectivity index (χ1n) is 3.58. The number of carbonyl (C=O) groups excluding carboxylic acids is 1. The number of hydrogen-bond donors (Lipinski definition) is 0. The van der Waals surface area contributed by atoms with Gasteiger partial charge >= 0.3 is 0 Å². The first kappa shape index (κ1) is 6.97. The molecule has 1 aliphatic rings. The molecule has 0 saturated heterocycles. The molecule has 4 heteroatoms. The number of amides is 1. The number of carbonyl (C=O) groups is 1. The number of fused-ring (bicyclic) bond motifs is 1. The van der Waals surface area contributed by atoms with Gasteiger partial charge in [-0.3, -0.25) is 4.79 Å². The van der Waals surface area contributed by atoms with Crippen molar-refractivity contribution < 1.29 is 4.79 Å². The Morgan fingerprint density at radius 1 is 1.58 bits per heavy atom. The fraction of sp³-hybridized carbons (Fsp3) is 0.125. The lowest BCUT2D eigenvalue weighted by atomic mass is 10.2. The van der Waals surface area contributed by atoms with Crippen molar-refractivity contribution in [1.82, 2.24) is 14.9 Å². The van der Waals surface area contributed by atoms with Crippen molar-refractivity contribution in [2.45, 2.75) is 6.54 Å². The zero-order valence-corrected chi connectivity index (χ0v) is 6.34. The first-order valence-corrected chi connectivity index (χ1v) is 3.58. The van der Waals surface area contributed by atoms with Crippen LogP contribution in [0.15, 0.2) is 18.7 Å². The monoisotopic (exact) mass is 161 g/mol. The standard InChI is InChI=1S/C8H7N3O/c12-6-11-2-1-7-3-9-5-10-8(7)4-11/h1-3,5-6H,4H2. The highest BCUT2D eigenvalue weighted by Crippen LogP contribution is 2.14. The highest BCUT2D eigenvalue weighted by molar-refractivity contribution is 5.59. The summed E-state index contributed by atoms with van der Waals surface area (Å²) in [7, 11) is 0. The number of nitrogens with zero attached hydrogens (tertiary/aromatic N) is 3. The van der Waals surface area contributed by atoms with Gasteiger partial charge < -0.3 is 4.90 Å². The van der Waals surface area contributed by atoms with Crippen molar-refractivity contribution in [2.24, 2.45) is 0 Å². The van der Waals surface area contributed by atoms with Crippen molar-refractivity contribution in [1.29, 1.82) is 0 Å². The van der Waals surface area contributed by atoms with Gasteiger partial charge in [0, 0.05) is 18.0 Å². The lowest BCUT2D eigenvalue weighted by molar-refractivity contribution is -0.116. The molecule has 12 heavy (non-hydrogen) atoms. The Labute approximate surface area is 69.6 Å². The normalized spacial score (nSPS) is 14.2. The second kappa shape index (κ2) is 2.73. The molecule has 1 aromatic heterocycles. The predicted molar refractivity (Wildman–Crippen MR) is 42.7 cm³/mol. The van der Waals surface area contributed by atoms with Gasteiger partial charge in [-0.15, -0.1) is 0 Å². The summed E-state index contributed by atoms with van der Waals surface area (Å²) in [4.78, 5) is 19.9. The summed E-state index contributed by atoms with van der Waals surface area (Å²) in [5.41, 5.74) is 1.87. The Morgan fingerprint density at radius 3 is 3.33 bits per heavy atom. The van der Waals surface area contributed by atoms with Gasteiger partial charge in [0.1, 0.15) is 6.33 Å². The molecule has 0 aromatic carbocycles. The molecule has 60 valence electrons. The maximum atomic E-state index is 10.4. The summed E-state index contributed by atoms with van der Waals surface area (Å²) in [6, 6.07) is 0. The molecule has 4 nitrogen and oxygen atoms in total. The van der Waals surface area contributed by atoms with E-state index in [1.165, 1.54) is 11.2 Å². The molecule has 0 fully saturated rings. The SMILES string of the molecule is O=CN1C=Cc2cncnc2C1. The van der Waals surface area contributed by atoms with Crippen LogP contribution in [0.25, 0.3) is 6.08 Å². The van der Waals surface area contributed by atoms with E-state index in [0.29, 0.717) is 6.54 Å². The zero-order valence-electron chi connectivity index (χ0n) is 6.34. The van der Waals surface area contributed by atoms with Crippen molar-refractivity contribution in [3.05, 3.63) is 30.0 Å². The molecule has 0 radical (unpaired) electrons. The highest BCUT2D eigenvalue weighted by atomic mass is 16.1. The summed E-state index contributed by atoms with van der Waals surface area (Å²) >= 11 is 0. The Bertz CT molecular complexity index is 335. The Hall–Kier alpha value is -1.71. The van der Waals surface area contributed by atoms with Crippen LogP contribution in [-0.4, -0.2) is 21.3 Å². The zero-order chi connectivity index (χ0) is 8.39. The number of rotatable bonds is 1. The molecule has 0 bridgehead atoms. The van der Waals surface area contributed by atoms with Gasteiger partial charge in [0.05, 0.1) is 12.2 Å². The van der Waals surface area contributed by atoms with E-state index < -0.39 is 0 Å². The highest BCUT2D eigenvalue weighted by Gasteiger charge is 2.09. The summed E-state index contributed by atoms with van der Waals surface area (Å²) in [6.07, 6.45) is 7.55. The Morgan fingerprint density at radius 2 is 2.50 bits per heavy atom. The van der Waals surface area contributed by atoms with Gasteiger partial charge in [-0.25, -0.2) is 9.97 Å². The molecule has 0 aliphatic carbocycles. The van der Waals surface area contributed by atoms with E-state index >= 15 is 0 Å². The topological polar surface area (TPSA) is 46.1 Å². The maximum Gasteiger partial charge on any atom is 0.214 e. The van der Waals surface area contributed by atoms with Gasteiger partial charge in [-0.05, 0) is 6.08 Å². The fourth-order valence-corrected chi connectivity index (χ4v) is 1.11. The van der Waals surface area contributed by atoms with Crippen LogP contribution >= 0.6 is 0 Å². The van der Waals surface area contributed by atoms with Crippen molar-refractivity contribution in [3.63, 3.8) is 0 Å². The fourth-order valence-electron chi connectivity index (χ4n) is 1.11. The molecule has 2 rings (SSSR count). The summed E-state index contributed by atoms with van der Waals surface area (Å²) in [5.74, 6) is 0. The summed E-state index contributed by atoms with van der Waals surface area (Å²) < 4.78 is 0. The van der Waals surface area contributed by atoms with Crippen LogP contribution in [0, 0.1) is 0 Å². The molecule has 0 N–H and O–H groups in total. The maximum absolute atomic E-state index is 10.4. The van der Waals surface area contributed by atoms with Gasteiger partial charge in [0.25, 0.3) is 0 Å². The third kappa shape index (κ3) is 1.07. The van der Waals surface area contributed by atoms with Crippen LogP contribution in [0.4, 0.5) is 0 Å². The second-order valence-corrected chi connectivity index (χ2v) is 2.52. The predicted octanol–water partition coefficient (Wildman–Crippen LogP) is 0.419. The molecule has 1 amide bonds. The molecular formula is C8H7N3O. The van der Waals surface area contributed by atoms with Gasteiger partial charge in [0.15, 0.2) is 0 Å². The molecule has 1 aliphatic heterocycles. The van der Waals surface area contributed by atoms with E-state index in [0.717, 1.165) is 17.7 Å². The molecule has 0 saturated carbocycles. The Kier molecular flexibility index (Phi) is 1.59. The molecule has 2 heterocycles. The quantitative estimate of drug-likeness (QED) is 0.561. The smallest absolute Gasteiger partial charge is 0.214 e. The van der Waals surface area contributed by atoms with E-state index in [-0.39, 0.29) is 0 Å². The number of hydrogen-bond acceptors (Lipinski definition) is 3. The number of aromatic nitrogens is 2. The third-order valence-corrected chi connectivity index (χ3v) is 1.74. The van der Waals surface area contributed by atoms with E-state index in [2.05, 4.69) is 9.97 Å². The molecule has 0 atom stereocenters. The van der Waals surface area contributed by atoms with Crippen LogP contribution in [0.3, 0.4) is 0 Å². The minimum atomic E-state index is 0.540. The van der Waals surface area contributed by atoms with Crippen molar-refractivity contribution in [2.75, 3.05) is 0 Å². The van der Waals surface area contributed by atoms with Crippen LogP contribution in [0.1, 0.15) is 11.3 Å². The molecule has 1 aromatic rings. The summed E-state index contributed by atoms with van der Waals surface area (Å²) in [6.45, 7) is 0.540. The molecule has 0 spiro atoms. The average molecular weight is 161 g/mol. The average Bonchev–Trinajstić information content (AvgIpc) is 2.17. The second-order valence-electron chi connectivity index (χ2n) is 2.52. The van der Waals surface area contributed by atoms with Crippen molar-refractivity contribution in [3.8, 4) is 0 Å². The minimum Gasteiger partial charge on any atom is -0.316 e. The van der Waals surface area contributed by atoms with E-state index in [1.54, 1.807) is 12.4 Å². The van der Waals surface area contributed by atoms with Gasteiger partial charge in [0.2, 0.25) is 6.41 Å². The van der Waals surface area contributed by atoms with E-state index in [4.69, 9.17) is 0 Å². The lowest BCUT2D eigenvalue weighted by Crippen LogP contribution is -2.18. The minimum absolute atomic E-state index is 0.540. The van der Waals surface area contributed by atoms with Crippen LogP contribution < -0.4 is 0 Å². The lowest BCUT2D eigenvalue weighted by Gasteiger charge is -2.17. The molecule has 0 unspecified atom stereocenters. The summed E-state index contributed by atoms with van der Waals surface area (Å²) in [5, 5.41) is 0. The third-order valence-electron chi connectivity index (χ3n) is 1.74. The van der Waals surface area contributed by atoms with Crippen LogP contribution in [-0.2, 0) is 11.3 Å². The Balaban J connectivity index is 2.39. The van der Waals surface area contributed by atoms with Crippen molar-refractivity contribution >= 4 is 12.5 Å². The molecular weight excluding hydrogens is 154 g/mol. The first-order chi connectivity index (χ1) is 5.90. The largest absolute Gasteiger partial charge is 0.316 e. The van der Waals surface area contributed by atoms with Crippen LogP contribution in [0.2, 0.25) is 0 Å².